The van der Waals surface area contributed by atoms with E-state index in [0.29, 0.717) is 31.2 Å². The zero-order valence-corrected chi connectivity index (χ0v) is 21.1. The lowest BCUT2D eigenvalue weighted by molar-refractivity contribution is -0.257. The van der Waals surface area contributed by atoms with Crippen LogP contribution in [0.3, 0.4) is 0 Å². The van der Waals surface area contributed by atoms with Gasteiger partial charge in [0.05, 0.1) is 18.6 Å². The third kappa shape index (κ3) is 4.82. The molecule has 13 heteroatoms. The van der Waals surface area contributed by atoms with Crippen molar-refractivity contribution in [2.45, 2.75) is 57.2 Å². The number of nitrogens with one attached hydrogen (secondary N) is 2. The van der Waals surface area contributed by atoms with Crippen LogP contribution < -0.4 is 16.6 Å². The Hall–Kier alpha value is -4.00. The number of hydrogen-bond donors (Lipinski definition) is 3. The Morgan fingerprint density at radius 3 is 2.59 bits per heavy atom. The van der Waals surface area contributed by atoms with Crippen LogP contribution in [0.15, 0.2) is 48.4 Å². The van der Waals surface area contributed by atoms with Gasteiger partial charge in [0.1, 0.15) is 11.5 Å². The van der Waals surface area contributed by atoms with Gasteiger partial charge in [0.25, 0.3) is 5.91 Å². The van der Waals surface area contributed by atoms with Crippen molar-refractivity contribution in [2.24, 2.45) is 0 Å². The molecule has 0 bridgehead atoms. The van der Waals surface area contributed by atoms with Crippen molar-refractivity contribution in [3.8, 4) is 0 Å². The molecule has 2 aromatic rings. The standard InChI is InChI=1S/C26H29F3N8O2/c27-26(28,29)37-22(24(38)32-21-8-7-20-19(21)9-10-31-23(20)30)15-35(33-37)13-17-5-3-16(4-6-17)12-34-14-18-2-1-11-36(18)25(34)39/h3-6,9-10,15,18,21,33H,1-2,7-8,11-14H2,(H2,30,31)(H,32,38)/t18?,21-/m1/s1. The van der Waals surface area contributed by atoms with E-state index in [4.69, 9.17) is 5.73 Å². The number of carbonyl (C=O) groups excluding carboxylic acids is 2. The Labute approximate surface area is 223 Å². The number of carbonyl (C=O) groups is 2. The maximum absolute atomic E-state index is 13.8. The molecule has 2 saturated heterocycles. The van der Waals surface area contributed by atoms with Crippen molar-refractivity contribution < 1.29 is 22.8 Å². The average molecular weight is 543 g/mol. The first-order valence-corrected chi connectivity index (χ1v) is 13.0. The molecule has 6 rings (SSSR count). The summed E-state index contributed by atoms with van der Waals surface area (Å²) >= 11 is 0. The number of urea groups is 1. The van der Waals surface area contributed by atoms with Crippen molar-refractivity contribution in [1.82, 2.24) is 35.7 Å². The van der Waals surface area contributed by atoms with Crippen LogP contribution in [0.4, 0.5) is 23.8 Å². The summed E-state index contributed by atoms with van der Waals surface area (Å²) in [5.41, 5.74) is 10.9. The van der Waals surface area contributed by atoms with Gasteiger partial charge >= 0.3 is 12.3 Å². The van der Waals surface area contributed by atoms with E-state index in [1.807, 2.05) is 34.1 Å². The largest absolute Gasteiger partial charge is 0.500 e. The van der Waals surface area contributed by atoms with E-state index in [9.17, 15) is 22.8 Å². The van der Waals surface area contributed by atoms with Crippen LogP contribution in [0.5, 0.6) is 0 Å². The van der Waals surface area contributed by atoms with Crippen LogP contribution in [0.1, 0.15) is 47.6 Å². The van der Waals surface area contributed by atoms with Crippen LogP contribution in [-0.2, 0) is 24.3 Å². The number of hydrogen-bond acceptors (Lipinski definition) is 7. The Balaban J connectivity index is 1.11. The number of aromatic nitrogens is 1. The van der Waals surface area contributed by atoms with Gasteiger partial charge in [-0.05, 0) is 54.0 Å². The second kappa shape index (κ2) is 9.63. The quantitative estimate of drug-likeness (QED) is 0.482. The van der Waals surface area contributed by atoms with Crippen LogP contribution in [-0.4, -0.2) is 62.2 Å². The minimum Gasteiger partial charge on any atom is -0.383 e. The number of nitrogens with zero attached hydrogens (tertiary/aromatic N) is 5. The lowest BCUT2D eigenvalue weighted by Gasteiger charge is -2.26. The third-order valence-electron chi connectivity index (χ3n) is 7.80. The molecule has 3 amide bonds. The number of pyridine rings is 1. The molecule has 1 aromatic heterocycles. The summed E-state index contributed by atoms with van der Waals surface area (Å²) in [5.74, 6) is -0.478. The predicted octanol–water partition coefficient (Wildman–Crippen LogP) is 2.77. The van der Waals surface area contributed by atoms with Crippen LogP contribution in [0, 0.1) is 0 Å². The molecule has 2 fully saturated rings. The molecule has 4 aliphatic rings. The maximum Gasteiger partial charge on any atom is 0.500 e. The topological polar surface area (TPSA) is 110 Å². The van der Waals surface area contributed by atoms with E-state index in [1.54, 1.807) is 6.07 Å². The molecule has 1 aromatic carbocycles. The number of halogens is 3. The molecular formula is C26H29F3N8O2. The molecule has 206 valence electrons. The molecule has 0 saturated carbocycles. The fourth-order valence-corrected chi connectivity index (χ4v) is 5.89. The van der Waals surface area contributed by atoms with Crippen LogP contribution in [0.25, 0.3) is 0 Å². The second-order valence-corrected chi connectivity index (χ2v) is 10.3. The molecule has 4 N–H and O–H groups in total. The molecular weight excluding hydrogens is 513 g/mol. The highest BCUT2D eigenvalue weighted by molar-refractivity contribution is 5.93. The highest BCUT2D eigenvalue weighted by atomic mass is 19.4. The van der Waals surface area contributed by atoms with Gasteiger partial charge in [0.15, 0.2) is 0 Å². The molecule has 39 heavy (non-hydrogen) atoms. The number of nitrogens with two attached hydrogens (primary N) is 1. The number of rotatable bonds is 6. The van der Waals surface area contributed by atoms with Gasteiger partial charge in [-0.15, -0.1) is 18.7 Å². The summed E-state index contributed by atoms with van der Waals surface area (Å²) < 4.78 is 41.4. The SMILES string of the molecule is Nc1nccc2c1CC[C@H]2NC(=O)C1=CN(Cc2ccc(CN3CC4CCCN4C3=O)cc2)NN1C(F)(F)F. The van der Waals surface area contributed by atoms with Gasteiger partial charge in [-0.1, -0.05) is 24.3 Å². The van der Waals surface area contributed by atoms with Gasteiger partial charge in [-0.2, -0.15) is 5.01 Å². The number of alkyl halides is 3. The minimum absolute atomic E-state index is 0.0623. The molecule has 0 radical (unpaired) electrons. The summed E-state index contributed by atoms with van der Waals surface area (Å²) in [6.07, 6.45) is 1.07. The maximum atomic E-state index is 13.8. The van der Waals surface area contributed by atoms with Gasteiger partial charge in [0.2, 0.25) is 0 Å². The van der Waals surface area contributed by atoms with Gasteiger partial charge < -0.3 is 20.9 Å². The normalized spacial score (nSPS) is 22.4. The van der Waals surface area contributed by atoms with Gasteiger partial charge in [-0.25, -0.2) is 9.78 Å². The molecule has 3 aliphatic heterocycles. The second-order valence-electron chi connectivity index (χ2n) is 10.3. The zero-order valence-electron chi connectivity index (χ0n) is 21.1. The number of amides is 3. The van der Waals surface area contributed by atoms with Crippen molar-refractivity contribution >= 4 is 17.8 Å². The summed E-state index contributed by atoms with van der Waals surface area (Å²) in [7, 11) is 0. The van der Waals surface area contributed by atoms with Crippen LogP contribution in [0.2, 0.25) is 0 Å². The monoisotopic (exact) mass is 542 g/mol. The average Bonchev–Trinajstić information content (AvgIpc) is 3.67. The molecule has 1 unspecified atom stereocenters. The van der Waals surface area contributed by atoms with E-state index in [1.165, 1.54) is 11.2 Å². The Morgan fingerprint density at radius 1 is 1.13 bits per heavy atom. The first-order valence-electron chi connectivity index (χ1n) is 13.0. The Morgan fingerprint density at radius 2 is 1.87 bits per heavy atom. The van der Waals surface area contributed by atoms with Gasteiger partial charge in [-0.3, -0.25) is 9.80 Å². The molecule has 1 aliphatic carbocycles. The van der Waals surface area contributed by atoms with E-state index in [2.05, 4.69) is 15.8 Å². The minimum atomic E-state index is -4.82. The van der Waals surface area contributed by atoms with Crippen molar-refractivity contribution in [3.05, 3.63) is 70.7 Å². The molecule has 10 nitrogen and oxygen atoms in total. The summed E-state index contributed by atoms with van der Waals surface area (Å²) in [4.78, 5) is 33.4. The van der Waals surface area contributed by atoms with E-state index in [-0.39, 0.29) is 17.6 Å². The van der Waals surface area contributed by atoms with E-state index < -0.39 is 23.9 Å². The zero-order chi connectivity index (χ0) is 27.3. The first-order chi connectivity index (χ1) is 18.7. The fraction of sp³-hybridized carbons (Fsp3) is 0.423. The van der Waals surface area contributed by atoms with Crippen LogP contribution >= 0.6 is 0 Å². The Kier molecular flexibility index (Phi) is 6.25. The number of fused-ring (bicyclic) bond motifs is 2. The highest BCUT2D eigenvalue weighted by Crippen LogP contribution is 2.35. The Bertz CT molecular complexity index is 1320. The lowest BCUT2D eigenvalue weighted by atomic mass is 10.1. The van der Waals surface area contributed by atoms with E-state index in [0.717, 1.165) is 54.4 Å². The number of benzene rings is 1. The first kappa shape index (κ1) is 25.3. The summed E-state index contributed by atoms with van der Waals surface area (Å²) in [6, 6.07) is 9.02. The molecule has 2 atom stereocenters. The summed E-state index contributed by atoms with van der Waals surface area (Å²) in [5, 5.41) is 3.85. The number of anilines is 1. The highest BCUT2D eigenvalue weighted by Gasteiger charge is 2.46. The van der Waals surface area contributed by atoms with Gasteiger partial charge in [0, 0.05) is 32.0 Å². The number of nitrogen functional groups attached to an aromatic ring is 1. The molecule has 4 heterocycles. The fourth-order valence-electron chi connectivity index (χ4n) is 5.89. The van der Waals surface area contributed by atoms with Crippen molar-refractivity contribution in [1.29, 1.82) is 0 Å². The lowest BCUT2D eigenvalue weighted by Crippen LogP contribution is -2.50. The van der Waals surface area contributed by atoms with Crippen molar-refractivity contribution in [2.75, 3.05) is 18.8 Å². The smallest absolute Gasteiger partial charge is 0.383 e. The predicted molar refractivity (Wildman–Crippen MR) is 134 cm³/mol. The van der Waals surface area contributed by atoms with Crippen molar-refractivity contribution in [3.63, 3.8) is 0 Å². The molecule has 0 spiro atoms. The summed E-state index contributed by atoms with van der Waals surface area (Å²) in [6.45, 7) is 2.12. The number of hydrazine groups is 2. The third-order valence-corrected chi connectivity index (χ3v) is 7.80. The van der Waals surface area contributed by atoms with E-state index >= 15 is 0 Å².